The number of hydrogen-bond donors (Lipinski definition) is 0. The zero-order valence-corrected chi connectivity index (χ0v) is 16.9. The van der Waals surface area contributed by atoms with E-state index in [1.165, 1.54) is 12.5 Å². The SMILES string of the molecule is CCOc1ccc(-n2nc3c(N4CCCC(C)C4)nnc(C)c3c2C)c(F)c1. The van der Waals surface area contributed by atoms with Crippen LogP contribution in [-0.2, 0) is 0 Å². The molecule has 0 spiro atoms. The molecule has 2 aromatic heterocycles. The minimum absolute atomic E-state index is 0.367. The highest BCUT2D eigenvalue weighted by Gasteiger charge is 2.24. The van der Waals surface area contributed by atoms with Gasteiger partial charge in [0.05, 0.1) is 23.4 Å². The van der Waals surface area contributed by atoms with Crippen molar-refractivity contribution < 1.29 is 9.13 Å². The van der Waals surface area contributed by atoms with Gasteiger partial charge in [0.1, 0.15) is 17.0 Å². The van der Waals surface area contributed by atoms with Crippen molar-refractivity contribution in [2.75, 3.05) is 24.6 Å². The maximum atomic E-state index is 14.8. The van der Waals surface area contributed by atoms with E-state index in [1.54, 1.807) is 16.8 Å². The van der Waals surface area contributed by atoms with E-state index in [0.717, 1.165) is 47.6 Å². The van der Waals surface area contributed by atoms with Gasteiger partial charge in [-0.05, 0) is 51.7 Å². The highest BCUT2D eigenvalue weighted by atomic mass is 19.1. The molecule has 4 rings (SSSR count). The monoisotopic (exact) mass is 383 g/mol. The summed E-state index contributed by atoms with van der Waals surface area (Å²) >= 11 is 0. The van der Waals surface area contributed by atoms with Crippen LogP contribution in [0.25, 0.3) is 16.6 Å². The summed E-state index contributed by atoms with van der Waals surface area (Å²) in [5.41, 5.74) is 2.84. The van der Waals surface area contributed by atoms with Gasteiger partial charge in [0.15, 0.2) is 11.6 Å². The first kappa shape index (κ1) is 18.7. The molecule has 1 aromatic carbocycles. The Morgan fingerprint density at radius 2 is 2.07 bits per heavy atom. The molecule has 7 heteroatoms. The summed E-state index contributed by atoms with van der Waals surface area (Å²) in [4.78, 5) is 2.26. The van der Waals surface area contributed by atoms with Crippen molar-refractivity contribution in [3.8, 4) is 11.4 Å². The quantitative estimate of drug-likeness (QED) is 0.676. The van der Waals surface area contributed by atoms with Gasteiger partial charge in [0, 0.05) is 19.2 Å². The topological polar surface area (TPSA) is 56.1 Å². The number of benzene rings is 1. The lowest BCUT2D eigenvalue weighted by Gasteiger charge is -2.31. The molecule has 3 heterocycles. The van der Waals surface area contributed by atoms with Crippen LogP contribution in [0, 0.1) is 25.6 Å². The maximum Gasteiger partial charge on any atom is 0.179 e. The van der Waals surface area contributed by atoms with Crippen LogP contribution in [-0.4, -0.2) is 39.7 Å². The summed E-state index contributed by atoms with van der Waals surface area (Å²) in [6.45, 7) is 10.4. The lowest BCUT2D eigenvalue weighted by molar-refractivity contribution is 0.338. The number of anilines is 1. The van der Waals surface area contributed by atoms with Gasteiger partial charge in [-0.1, -0.05) is 6.92 Å². The standard InChI is InChI=1S/C21H26FN5O/c1-5-28-16-8-9-18(17(22)11-16)27-15(4)19-14(3)23-24-21(20(19)25-27)26-10-6-7-13(2)12-26/h8-9,11,13H,5-7,10,12H2,1-4H3. The fraction of sp³-hybridized carbons (Fsp3) is 0.476. The summed E-state index contributed by atoms with van der Waals surface area (Å²) in [6.07, 6.45) is 2.36. The molecule has 1 unspecified atom stereocenters. The smallest absolute Gasteiger partial charge is 0.179 e. The highest BCUT2D eigenvalue weighted by molar-refractivity contribution is 5.92. The van der Waals surface area contributed by atoms with Crippen LogP contribution in [0.2, 0.25) is 0 Å². The number of piperidine rings is 1. The van der Waals surface area contributed by atoms with E-state index < -0.39 is 0 Å². The van der Waals surface area contributed by atoms with Crippen LogP contribution in [0.15, 0.2) is 18.2 Å². The zero-order valence-electron chi connectivity index (χ0n) is 16.9. The van der Waals surface area contributed by atoms with Crippen molar-refractivity contribution in [1.29, 1.82) is 0 Å². The molecule has 0 aliphatic carbocycles. The van der Waals surface area contributed by atoms with Crippen LogP contribution in [0.5, 0.6) is 5.75 Å². The van der Waals surface area contributed by atoms with Gasteiger partial charge in [-0.25, -0.2) is 9.07 Å². The number of nitrogens with zero attached hydrogens (tertiary/aromatic N) is 5. The van der Waals surface area contributed by atoms with Crippen LogP contribution in [0.1, 0.15) is 38.1 Å². The summed E-state index contributed by atoms with van der Waals surface area (Å²) in [6, 6.07) is 4.88. The lowest BCUT2D eigenvalue weighted by atomic mass is 10.0. The molecule has 0 bridgehead atoms. The predicted octanol–water partition coefficient (Wildman–Crippen LogP) is 4.21. The van der Waals surface area contributed by atoms with Gasteiger partial charge >= 0.3 is 0 Å². The van der Waals surface area contributed by atoms with Crippen LogP contribution < -0.4 is 9.64 Å². The van der Waals surface area contributed by atoms with E-state index in [0.29, 0.717) is 24.0 Å². The summed E-state index contributed by atoms with van der Waals surface area (Å²) in [7, 11) is 0. The number of aryl methyl sites for hydroxylation is 2. The Balaban J connectivity index is 1.84. The number of rotatable bonds is 4. The van der Waals surface area contributed by atoms with Gasteiger partial charge in [-0.15, -0.1) is 5.10 Å². The van der Waals surface area contributed by atoms with E-state index in [9.17, 15) is 4.39 Å². The van der Waals surface area contributed by atoms with Gasteiger partial charge in [0.2, 0.25) is 0 Å². The molecule has 1 atom stereocenters. The van der Waals surface area contributed by atoms with Gasteiger partial charge in [-0.3, -0.25) is 0 Å². The number of halogens is 1. The zero-order chi connectivity index (χ0) is 19.8. The minimum Gasteiger partial charge on any atom is -0.494 e. The molecule has 1 fully saturated rings. The summed E-state index contributed by atoms with van der Waals surface area (Å²) < 4.78 is 21.8. The Bertz CT molecular complexity index is 1020. The first-order valence-electron chi connectivity index (χ1n) is 9.89. The molecule has 0 saturated carbocycles. The van der Waals surface area contributed by atoms with Crippen molar-refractivity contribution in [2.24, 2.45) is 5.92 Å². The second kappa shape index (κ2) is 7.37. The molecule has 1 aliphatic heterocycles. The first-order chi connectivity index (χ1) is 13.5. The van der Waals surface area contributed by atoms with Crippen molar-refractivity contribution in [1.82, 2.24) is 20.0 Å². The Morgan fingerprint density at radius 1 is 1.25 bits per heavy atom. The molecule has 0 N–H and O–H groups in total. The normalized spacial score (nSPS) is 17.3. The first-order valence-corrected chi connectivity index (χ1v) is 9.89. The summed E-state index contributed by atoms with van der Waals surface area (Å²) in [5, 5.41) is 14.6. The molecule has 1 aliphatic rings. The van der Waals surface area contributed by atoms with Crippen LogP contribution in [0.3, 0.4) is 0 Å². The molecule has 28 heavy (non-hydrogen) atoms. The number of fused-ring (bicyclic) bond motifs is 1. The third kappa shape index (κ3) is 3.19. The van der Waals surface area contributed by atoms with Crippen LogP contribution in [0.4, 0.5) is 10.2 Å². The lowest BCUT2D eigenvalue weighted by Crippen LogP contribution is -2.35. The Hall–Kier alpha value is -2.70. The molecular formula is C21H26FN5O. The van der Waals surface area contributed by atoms with Gasteiger partial charge < -0.3 is 9.64 Å². The maximum absolute atomic E-state index is 14.8. The molecule has 0 radical (unpaired) electrons. The van der Waals surface area contributed by atoms with Gasteiger partial charge in [0.25, 0.3) is 0 Å². The number of aromatic nitrogens is 4. The molecular weight excluding hydrogens is 357 g/mol. The Labute approximate surface area is 164 Å². The average molecular weight is 383 g/mol. The number of hydrogen-bond acceptors (Lipinski definition) is 5. The minimum atomic E-state index is -0.367. The van der Waals surface area contributed by atoms with E-state index in [1.807, 2.05) is 20.8 Å². The number of ether oxygens (including phenoxy) is 1. The average Bonchev–Trinajstić information content (AvgIpc) is 3.00. The van der Waals surface area contributed by atoms with Crippen molar-refractivity contribution in [3.05, 3.63) is 35.4 Å². The van der Waals surface area contributed by atoms with E-state index in [2.05, 4.69) is 22.0 Å². The van der Waals surface area contributed by atoms with E-state index in [-0.39, 0.29) is 5.82 Å². The highest BCUT2D eigenvalue weighted by Crippen LogP contribution is 2.32. The van der Waals surface area contributed by atoms with E-state index >= 15 is 0 Å². The fourth-order valence-electron chi connectivity index (χ4n) is 4.06. The van der Waals surface area contributed by atoms with Crippen molar-refractivity contribution >= 4 is 16.7 Å². The third-order valence-electron chi connectivity index (χ3n) is 5.40. The second-order valence-electron chi connectivity index (χ2n) is 7.57. The molecule has 1 saturated heterocycles. The van der Waals surface area contributed by atoms with Crippen molar-refractivity contribution in [2.45, 2.75) is 40.5 Å². The molecule has 0 amide bonds. The van der Waals surface area contributed by atoms with E-state index in [4.69, 9.17) is 9.84 Å². The van der Waals surface area contributed by atoms with Crippen molar-refractivity contribution in [3.63, 3.8) is 0 Å². The Morgan fingerprint density at radius 3 is 2.79 bits per heavy atom. The Kier molecular flexibility index (Phi) is 4.91. The molecule has 6 nitrogen and oxygen atoms in total. The third-order valence-corrected chi connectivity index (χ3v) is 5.40. The van der Waals surface area contributed by atoms with Crippen LogP contribution >= 0.6 is 0 Å². The van der Waals surface area contributed by atoms with Gasteiger partial charge in [-0.2, -0.15) is 10.2 Å². The predicted molar refractivity (Wildman–Crippen MR) is 108 cm³/mol. The fourth-order valence-corrected chi connectivity index (χ4v) is 4.06. The largest absolute Gasteiger partial charge is 0.494 e. The molecule has 148 valence electrons. The summed E-state index contributed by atoms with van der Waals surface area (Å²) in [5.74, 6) is 1.55. The molecule has 3 aromatic rings. The second-order valence-corrected chi connectivity index (χ2v) is 7.57.